The summed E-state index contributed by atoms with van der Waals surface area (Å²) in [6, 6.07) is 9.38. The van der Waals surface area contributed by atoms with Crippen molar-refractivity contribution >= 4 is 0 Å². The number of aliphatic hydroxyl groups excluding tert-OH is 2. The number of benzene rings is 1. The Morgan fingerprint density at radius 3 is 2.24 bits per heavy atom. The number of hydrogen-bond donors (Lipinski definition) is 2. The molecule has 0 saturated carbocycles. The van der Waals surface area contributed by atoms with Crippen LogP contribution >= 0.6 is 0 Å². The maximum absolute atomic E-state index is 9.94. The molecule has 1 rings (SSSR count). The molecular weight excluding hydrogens is 212 g/mol. The van der Waals surface area contributed by atoms with Crippen molar-refractivity contribution < 1.29 is 10.2 Å². The van der Waals surface area contributed by atoms with Gasteiger partial charge in [-0.3, -0.25) is 0 Å². The smallest absolute Gasteiger partial charge is 0.105 e. The van der Waals surface area contributed by atoms with Crippen molar-refractivity contribution in [3.8, 4) is 0 Å². The molecule has 0 aliphatic carbocycles. The monoisotopic (exact) mass is 236 g/mol. The Bertz CT molecular complexity index is 284. The van der Waals surface area contributed by atoms with Crippen LogP contribution in [0.5, 0.6) is 0 Å². The van der Waals surface area contributed by atoms with Crippen LogP contribution in [0.3, 0.4) is 0 Å². The van der Waals surface area contributed by atoms with Gasteiger partial charge in [0.05, 0.1) is 6.10 Å². The molecule has 0 aliphatic rings. The average Bonchev–Trinajstić information content (AvgIpc) is 2.38. The van der Waals surface area contributed by atoms with E-state index in [2.05, 4.69) is 6.92 Å². The first-order chi connectivity index (χ1) is 8.25. The second-order valence-corrected chi connectivity index (χ2v) is 4.63. The first-order valence-electron chi connectivity index (χ1n) is 6.66. The standard InChI is InChI=1S/C15H24O2/c1-2-3-4-5-9-12-14(16)15(17)13-10-7-6-8-11-13/h6-8,10-11,14-17H,2-5,9,12H2,1H3. The summed E-state index contributed by atoms with van der Waals surface area (Å²) in [5.74, 6) is 0. The van der Waals surface area contributed by atoms with Crippen molar-refractivity contribution in [1.29, 1.82) is 0 Å². The Morgan fingerprint density at radius 2 is 1.59 bits per heavy atom. The molecule has 1 aromatic rings. The molecule has 0 spiro atoms. The number of unbranched alkanes of at least 4 members (excludes halogenated alkanes) is 4. The Hall–Kier alpha value is -0.860. The molecule has 1 aromatic carbocycles. The normalized spacial score (nSPS) is 14.5. The maximum Gasteiger partial charge on any atom is 0.105 e. The molecule has 0 saturated heterocycles. The highest BCUT2D eigenvalue weighted by Crippen LogP contribution is 2.20. The zero-order valence-corrected chi connectivity index (χ0v) is 10.7. The van der Waals surface area contributed by atoms with Crippen LogP contribution in [0, 0.1) is 0 Å². The summed E-state index contributed by atoms with van der Waals surface area (Å²) in [7, 11) is 0. The van der Waals surface area contributed by atoms with Crippen LogP contribution in [-0.2, 0) is 0 Å². The Balaban J connectivity index is 2.25. The predicted molar refractivity (Wildman–Crippen MR) is 70.8 cm³/mol. The van der Waals surface area contributed by atoms with Crippen molar-refractivity contribution in [1.82, 2.24) is 0 Å². The van der Waals surface area contributed by atoms with Crippen molar-refractivity contribution in [2.45, 2.75) is 57.7 Å². The van der Waals surface area contributed by atoms with Crippen LogP contribution in [0.4, 0.5) is 0 Å². The van der Waals surface area contributed by atoms with Gasteiger partial charge < -0.3 is 10.2 Å². The second-order valence-electron chi connectivity index (χ2n) is 4.63. The number of aliphatic hydroxyl groups is 2. The fourth-order valence-electron chi connectivity index (χ4n) is 1.99. The molecule has 0 aliphatic heterocycles. The summed E-state index contributed by atoms with van der Waals surface area (Å²) in [6.45, 7) is 2.19. The minimum Gasteiger partial charge on any atom is -0.390 e. The molecule has 0 aromatic heterocycles. The van der Waals surface area contributed by atoms with Gasteiger partial charge in [0.15, 0.2) is 0 Å². The molecule has 0 bridgehead atoms. The van der Waals surface area contributed by atoms with Gasteiger partial charge in [0.2, 0.25) is 0 Å². The van der Waals surface area contributed by atoms with E-state index in [-0.39, 0.29) is 0 Å². The van der Waals surface area contributed by atoms with Crippen LogP contribution in [0.25, 0.3) is 0 Å². The second kappa shape index (κ2) is 8.26. The lowest BCUT2D eigenvalue weighted by molar-refractivity contribution is 0.0120. The number of hydrogen-bond acceptors (Lipinski definition) is 2. The lowest BCUT2D eigenvalue weighted by Gasteiger charge is -2.18. The van der Waals surface area contributed by atoms with Gasteiger partial charge in [0, 0.05) is 0 Å². The van der Waals surface area contributed by atoms with Crippen LogP contribution in [0.2, 0.25) is 0 Å². The molecular formula is C15H24O2. The zero-order valence-electron chi connectivity index (χ0n) is 10.7. The van der Waals surface area contributed by atoms with Gasteiger partial charge >= 0.3 is 0 Å². The van der Waals surface area contributed by atoms with Gasteiger partial charge in [-0.1, -0.05) is 69.4 Å². The highest BCUT2D eigenvalue weighted by atomic mass is 16.3. The Labute approximate surface area is 104 Å². The van der Waals surface area contributed by atoms with E-state index in [9.17, 15) is 10.2 Å². The lowest BCUT2D eigenvalue weighted by Crippen LogP contribution is -2.17. The topological polar surface area (TPSA) is 40.5 Å². The van der Waals surface area contributed by atoms with Crippen molar-refractivity contribution in [3.05, 3.63) is 35.9 Å². The molecule has 0 fully saturated rings. The van der Waals surface area contributed by atoms with E-state index >= 15 is 0 Å². The zero-order chi connectivity index (χ0) is 12.5. The van der Waals surface area contributed by atoms with Gasteiger partial charge in [-0.25, -0.2) is 0 Å². The molecule has 2 unspecified atom stereocenters. The molecule has 0 radical (unpaired) electrons. The average molecular weight is 236 g/mol. The maximum atomic E-state index is 9.94. The highest BCUT2D eigenvalue weighted by molar-refractivity contribution is 5.18. The summed E-state index contributed by atoms with van der Waals surface area (Å²) < 4.78 is 0. The van der Waals surface area contributed by atoms with Crippen LogP contribution in [0.15, 0.2) is 30.3 Å². The third kappa shape index (κ3) is 5.33. The Morgan fingerprint density at radius 1 is 0.941 bits per heavy atom. The van der Waals surface area contributed by atoms with E-state index in [1.165, 1.54) is 19.3 Å². The van der Waals surface area contributed by atoms with Gasteiger partial charge in [-0.05, 0) is 12.0 Å². The first-order valence-corrected chi connectivity index (χ1v) is 6.66. The summed E-state index contributed by atoms with van der Waals surface area (Å²) in [5.41, 5.74) is 0.800. The van der Waals surface area contributed by atoms with Crippen LogP contribution in [-0.4, -0.2) is 16.3 Å². The minimum absolute atomic E-state index is 0.640. The highest BCUT2D eigenvalue weighted by Gasteiger charge is 2.17. The van der Waals surface area contributed by atoms with E-state index < -0.39 is 12.2 Å². The fourth-order valence-corrected chi connectivity index (χ4v) is 1.99. The molecule has 0 amide bonds. The van der Waals surface area contributed by atoms with Gasteiger partial charge in [0.25, 0.3) is 0 Å². The summed E-state index contributed by atoms with van der Waals surface area (Å²) in [4.78, 5) is 0. The van der Waals surface area contributed by atoms with Crippen LogP contribution in [0.1, 0.15) is 57.1 Å². The molecule has 2 heteroatoms. The minimum atomic E-state index is -0.748. The molecule has 96 valence electrons. The first kappa shape index (κ1) is 14.2. The SMILES string of the molecule is CCCCCCCC(O)C(O)c1ccccc1. The number of rotatable bonds is 8. The van der Waals surface area contributed by atoms with E-state index in [0.29, 0.717) is 6.42 Å². The predicted octanol–water partition coefficient (Wildman–Crippen LogP) is 3.44. The Kier molecular flexibility index (Phi) is 6.90. The molecule has 0 heterocycles. The molecule has 17 heavy (non-hydrogen) atoms. The summed E-state index contributed by atoms with van der Waals surface area (Å²) >= 11 is 0. The van der Waals surface area contributed by atoms with Crippen molar-refractivity contribution in [3.63, 3.8) is 0 Å². The summed E-state index contributed by atoms with van der Waals surface area (Å²) in [6.07, 6.45) is 5.15. The van der Waals surface area contributed by atoms with Crippen molar-refractivity contribution in [2.24, 2.45) is 0 Å². The fraction of sp³-hybridized carbons (Fsp3) is 0.600. The van der Waals surface area contributed by atoms with E-state index in [1.54, 1.807) is 0 Å². The third-order valence-corrected chi connectivity index (χ3v) is 3.11. The van der Waals surface area contributed by atoms with E-state index in [0.717, 1.165) is 18.4 Å². The van der Waals surface area contributed by atoms with Gasteiger partial charge in [0.1, 0.15) is 6.10 Å². The van der Waals surface area contributed by atoms with Crippen LogP contribution < -0.4 is 0 Å². The molecule has 2 N–H and O–H groups in total. The van der Waals surface area contributed by atoms with E-state index in [4.69, 9.17) is 0 Å². The van der Waals surface area contributed by atoms with Crippen molar-refractivity contribution in [2.75, 3.05) is 0 Å². The summed E-state index contributed by atoms with van der Waals surface area (Å²) in [5, 5.41) is 19.8. The molecule has 2 atom stereocenters. The third-order valence-electron chi connectivity index (χ3n) is 3.11. The molecule has 2 nitrogen and oxygen atoms in total. The largest absolute Gasteiger partial charge is 0.390 e. The van der Waals surface area contributed by atoms with Gasteiger partial charge in [-0.2, -0.15) is 0 Å². The lowest BCUT2D eigenvalue weighted by atomic mass is 9.99. The quantitative estimate of drug-likeness (QED) is 0.679. The van der Waals surface area contributed by atoms with Gasteiger partial charge in [-0.15, -0.1) is 0 Å². The van der Waals surface area contributed by atoms with E-state index in [1.807, 2.05) is 30.3 Å².